The Morgan fingerprint density at radius 1 is 1.38 bits per heavy atom. The minimum Gasteiger partial charge on any atom is -1.00 e. The molecule has 1 aliphatic heterocycles. The Hall–Kier alpha value is -0.280. The molecule has 1 atom stereocenters. The number of carbonyl (C=O) groups is 1. The van der Waals surface area contributed by atoms with Crippen LogP contribution in [0.15, 0.2) is 0 Å². The third-order valence-corrected chi connectivity index (χ3v) is 2.36. The predicted molar refractivity (Wildman–Crippen MR) is 61.0 cm³/mol. The van der Waals surface area contributed by atoms with Gasteiger partial charge in [0.15, 0.2) is 0 Å². The standard InChI is InChI=1S/C12H21N2O.HI/c1-11-9-12(15)13(10-11)7-5-6-8-14(2,3)4;/h11H,7-10H2,1-4H3;1H/q+1;/p-1/t11-;/m0./s1. The van der Waals surface area contributed by atoms with E-state index in [-0.39, 0.29) is 29.9 Å². The maximum atomic E-state index is 11.4. The summed E-state index contributed by atoms with van der Waals surface area (Å²) in [6, 6.07) is 0. The van der Waals surface area contributed by atoms with Gasteiger partial charge in [0.2, 0.25) is 5.91 Å². The van der Waals surface area contributed by atoms with Crippen LogP contribution in [-0.4, -0.2) is 56.1 Å². The van der Waals surface area contributed by atoms with Crippen LogP contribution in [0.25, 0.3) is 0 Å². The van der Waals surface area contributed by atoms with Gasteiger partial charge in [-0.25, -0.2) is 0 Å². The molecule has 1 fully saturated rings. The third-order valence-electron chi connectivity index (χ3n) is 2.36. The summed E-state index contributed by atoms with van der Waals surface area (Å²) in [7, 11) is 6.33. The fourth-order valence-electron chi connectivity index (χ4n) is 1.57. The normalized spacial score (nSPS) is 20.1. The number of hydrogen-bond acceptors (Lipinski definition) is 1. The molecule has 0 bridgehead atoms. The molecule has 92 valence electrons. The number of halogens is 1. The van der Waals surface area contributed by atoms with Crippen molar-refractivity contribution < 1.29 is 33.3 Å². The largest absolute Gasteiger partial charge is 1.00 e. The predicted octanol–water partition coefficient (Wildman–Crippen LogP) is -2.43. The molecule has 0 spiro atoms. The quantitative estimate of drug-likeness (QED) is 0.312. The summed E-state index contributed by atoms with van der Waals surface area (Å²) >= 11 is 0. The van der Waals surface area contributed by atoms with Crippen molar-refractivity contribution in [2.75, 3.05) is 40.8 Å². The van der Waals surface area contributed by atoms with Crippen LogP contribution < -0.4 is 24.0 Å². The molecule has 3 nitrogen and oxygen atoms in total. The van der Waals surface area contributed by atoms with E-state index in [1.54, 1.807) is 0 Å². The molecule has 0 radical (unpaired) electrons. The van der Waals surface area contributed by atoms with Crippen LogP contribution >= 0.6 is 0 Å². The molecule has 0 saturated carbocycles. The zero-order valence-corrected chi connectivity index (χ0v) is 12.7. The van der Waals surface area contributed by atoms with Crippen LogP contribution in [0.1, 0.15) is 13.3 Å². The van der Waals surface area contributed by atoms with Gasteiger partial charge >= 0.3 is 0 Å². The lowest BCUT2D eigenvalue weighted by atomic mass is 10.2. The molecular formula is C12H21IN2O. The first-order valence-electron chi connectivity index (χ1n) is 5.42. The minimum absolute atomic E-state index is 0. The summed E-state index contributed by atoms with van der Waals surface area (Å²) in [6.07, 6.45) is 0.691. The molecule has 1 rings (SSSR count). The topological polar surface area (TPSA) is 20.3 Å². The Kier molecular flexibility index (Phi) is 6.34. The van der Waals surface area contributed by atoms with E-state index in [0.29, 0.717) is 18.9 Å². The molecule has 1 amide bonds. The number of carbonyl (C=O) groups excluding carboxylic acids is 1. The molecule has 0 aliphatic carbocycles. The van der Waals surface area contributed by atoms with Crippen LogP contribution in [0, 0.1) is 17.8 Å². The average molecular weight is 336 g/mol. The van der Waals surface area contributed by atoms with Crippen molar-refractivity contribution in [1.29, 1.82) is 0 Å². The highest BCUT2D eigenvalue weighted by Gasteiger charge is 2.25. The van der Waals surface area contributed by atoms with E-state index in [1.807, 2.05) is 4.90 Å². The lowest BCUT2D eigenvalue weighted by Gasteiger charge is -2.20. The Morgan fingerprint density at radius 3 is 2.44 bits per heavy atom. The van der Waals surface area contributed by atoms with Crippen molar-refractivity contribution in [1.82, 2.24) is 4.90 Å². The van der Waals surface area contributed by atoms with Gasteiger partial charge in [-0.05, 0) is 11.8 Å². The highest BCUT2D eigenvalue weighted by atomic mass is 127. The van der Waals surface area contributed by atoms with E-state index >= 15 is 0 Å². The molecular weight excluding hydrogens is 315 g/mol. The molecule has 16 heavy (non-hydrogen) atoms. The van der Waals surface area contributed by atoms with Gasteiger partial charge in [0.05, 0.1) is 27.7 Å². The minimum atomic E-state index is 0. The Labute approximate surface area is 116 Å². The second-order valence-electron chi connectivity index (χ2n) is 5.39. The first-order valence-corrected chi connectivity index (χ1v) is 5.42. The van der Waals surface area contributed by atoms with Gasteiger partial charge in [0, 0.05) is 13.0 Å². The Bertz CT molecular complexity index is 298. The molecule has 1 heterocycles. The number of hydrogen-bond donors (Lipinski definition) is 0. The van der Waals surface area contributed by atoms with Crippen LogP contribution in [0.5, 0.6) is 0 Å². The van der Waals surface area contributed by atoms with Gasteiger partial charge in [0.25, 0.3) is 0 Å². The Balaban J connectivity index is 0.00000225. The molecule has 0 unspecified atom stereocenters. The average Bonchev–Trinajstić information content (AvgIpc) is 2.37. The number of likely N-dealkylation sites (tertiary alicyclic amines) is 1. The summed E-state index contributed by atoms with van der Waals surface area (Å²) < 4.78 is 0.845. The summed E-state index contributed by atoms with van der Waals surface area (Å²) in [5, 5.41) is 0. The number of rotatable bonds is 2. The van der Waals surface area contributed by atoms with Crippen LogP contribution in [0.2, 0.25) is 0 Å². The van der Waals surface area contributed by atoms with Crippen molar-refractivity contribution in [2.24, 2.45) is 5.92 Å². The van der Waals surface area contributed by atoms with Crippen molar-refractivity contribution in [3.8, 4) is 11.8 Å². The van der Waals surface area contributed by atoms with Gasteiger partial charge in [-0.3, -0.25) is 4.79 Å². The highest BCUT2D eigenvalue weighted by molar-refractivity contribution is 5.78. The molecule has 0 aromatic rings. The van der Waals surface area contributed by atoms with Crippen molar-refractivity contribution in [2.45, 2.75) is 13.3 Å². The lowest BCUT2D eigenvalue weighted by molar-refractivity contribution is -0.862. The third kappa shape index (κ3) is 5.71. The molecule has 0 N–H and O–H groups in total. The van der Waals surface area contributed by atoms with Gasteiger partial charge < -0.3 is 33.4 Å². The molecule has 0 aromatic heterocycles. The monoisotopic (exact) mass is 336 g/mol. The highest BCUT2D eigenvalue weighted by Crippen LogP contribution is 2.15. The summed E-state index contributed by atoms with van der Waals surface area (Å²) in [5.41, 5.74) is 0. The van der Waals surface area contributed by atoms with Crippen molar-refractivity contribution >= 4 is 5.91 Å². The van der Waals surface area contributed by atoms with Crippen molar-refractivity contribution in [3.63, 3.8) is 0 Å². The molecule has 0 aromatic carbocycles. The molecule has 1 aliphatic rings. The smallest absolute Gasteiger partial charge is 0.223 e. The van der Waals surface area contributed by atoms with Crippen LogP contribution in [-0.2, 0) is 4.79 Å². The number of amides is 1. The first kappa shape index (κ1) is 15.7. The Morgan fingerprint density at radius 2 is 2.00 bits per heavy atom. The van der Waals surface area contributed by atoms with E-state index < -0.39 is 0 Å². The maximum absolute atomic E-state index is 11.4. The van der Waals surface area contributed by atoms with Gasteiger partial charge in [-0.1, -0.05) is 12.8 Å². The van der Waals surface area contributed by atoms with E-state index in [1.165, 1.54) is 0 Å². The molecule has 4 heteroatoms. The number of nitrogens with zero attached hydrogens (tertiary/aromatic N) is 2. The second kappa shape index (κ2) is 6.45. The fraction of sp³-hybridized carbons (Fsp3) is 0.750. The maximum Gasteiger partial charge on any atom is 0.223 e. The SMILES string of the molecule is C[C@H]1CC(=O)N(CC#CC[N+](C)(C)C)C1.[I-]. The summed E-state index contributed by atoms with van der Waals surface area (Å²) in [4.78, 5) is 13.3. The van der Waals surface area contributed by atoms with Gasteiger partial charge in [-0.15, -0.1) is 0 Å². The van der Waals surface area contributed by atoms with Crippen LogP contribution in [0.3, 0.4) is 0 Å². The van der Waals surface area contributed by atoms with Crippen molar-refractivity contribution in [3.05, 3.63) is 0 Å². The lowest BCUT2D eigenvalue weighted by Crippen LogP contribution is -3.00. The van der Waals surface area contributed by atoms with E-state index in [0.717, 1.165) is 17.6 Å². The fourth-order valence-corrected chi connectivity index (χ4v) is 1.57. The van der Waals surface area contributed by atoms with E-state index in [9.17, 15) is 4.79 Å². The first-order chi connectivity index (χ1) is 6.88. The van der Waals surface area contributed by atoms with E-state index in [2.05, 4.69) is 39.9 Å². The second-order valence-corrected chi connectivity index (χ2v) is 5.39. The zero-order chi connectivity index (χ0) is 11.5. The van der Waals surface area contributed by atoms with E-state index in [4.69, 9.17) is 0 Å². The molecule has 1 saturated heterocycles. The zero-order valence-electron chi connectivity index (χ0n) is 10.6. The van der Waals surface area contributed by atoms with Gasteiger partial charge in [-0.2, -0.15) is 0 Å². The van der Waals surface area contributed by atoms with Crippen LogP contribution in [0.4, 0.5) is 0 Å². The number of quaternary nitrogens is 1. The summed E-state index contributed by atoms with van der Waals surface area (Å²) in [6.45, 7) is 4.41. The van der Waals surface area contributed by atoms with Gasteiger partial charge in [0.1, 0.15) is 6.54 Å². The summed E-state index contributed by atoms with van der Waals surface area (Å²) in [5.74, 6) is 6.94.